The molecule has 0 unspecified atom stereocenters. The molecular weight excluding hydrogens is 354 g/mol. The molecule has 7 heteroatoms. The third kappa shape index (κ3) is 4.27. The van der Waals surface area contributed by atoms with Gasteiger partial charge in [-0.05, 0) is 29.8 Å². The number of esters is 1. The van der Waals surface area contributed by atoms with Crippen molar-refractivity contribution in [2.45, 2.75) is 6.54 Å². The van der Waals surface area contributed by atoms with E-state index >= 15 is 0 Å². The first-order valence-corrected chi connectivity index (χ1v) is 8.78. The van der Waals surface area contributed by atoms with Crippen molar-refractivity contribution in [2.75, 3.05) is 44.5 Å². The van der Waals surface area contributed by atoms with Crippen molar-refractivity contribution in [3.8, 4) is 0 Å². The first-order chi connectivity index (χ1) is 12.6. The van der Waals surface area contributed by atoms with Gasteiger partial charge in [-0.25, -0.2) is 4.79 Å². The predicted molar refractivity (Wildman–Crippen MR) is 103 cm³/mol. The number of rotatable bonds is 5. The van der Waals surface area contributed by atoms with E-state index in [-0.39, 0.29) is 0 Å². The van der Waals surface area contributed by atoms with Crippen molar-refractivity contribution in [1.29, 1.82) is 0 Å². The van der Waals surface area contributed by atoms with Crippen LogP contribution in [-0.2, 0) is 16.0 Å². The number of nitrogen functional groups attached to an aromatic ring is 1. The predicted octanol–water partition coefficient (Wildman–Crippen LogP) is 3.28. The molecule has 26 heavy (non-hydrogen) atoms. The van der Waals surface area contributed by atoms with Crippen LogP contribution in [0.15, 0.2) is 36.4 Å². The van der Waals surface area contributed by atoms with E-state index in [9.17, 15) is 4.79 Å². The highest BCUT2D eigenvalue weighted by Crippen LogP contribution is 2.32. The fourth-order valence-corrected chi connectivity index (χ4v) is 3.13. The quantitative estimate of drug-likeness (QED) is 0.617. The number of methoxy groups -OCH3 is 1. The minimum Gasteiger partial charge on any atom is -0.465 e. The van der Waals surface area contributed by atoms with Crippen molar-refractivity contribution < 1.29 is 14.3 Å². The summed E-state index contributed by atoms with van der Waals surface area (Å²) in [4.78, 5) is 14.3. The fourth-order valence-electron chi connectivity index (χ4n) is 2.91. The zero-order valence-corrected chi connectivity index (χ0v) is 15.4. The summed E-state index contributed by atoms with van der Waals surface area (Å²) in [7, 11) is 1.34. The van der Waals surface area contributed by atoms with Crippen LogP contribution in [-0.4, -0.2) is 44.3 Å². The number of hydrogen-bond acceptors (Lipinski definition) is 6. The molecule has 0 radical (unpaired) electrons. The van der Waals surface area contributed by atoms with Gasteiger partial charge >= 0.3 is 5.97 Å². The molecule has 2 aromatic rings. The van der Waals surface area contributed by atoms with Gasteiger partial charge in [0, 0.05) is 19.6 Å². The van der Waals surface area contributed by atoms with Crippen molar-refractivity contribution in [3.05, 3.63) is 52.5 Å². The van der Waals surface area contributed by atoms with E-state index in [2.05, 4.69) is 10.2 Å². The number of morpholine rings is 1. The van der Waals surface area contributed by atoms with Crippen molar-refractivity contribution in [3.63, 3.8) is 0 Å². The largest absolute Gasteiger partial charge is 0.465 e. The molecule has 0 amide bonds. The third-order valence-corrected chi connectivity index (χ3v) is 4.62. The highest BCUT2D eigenvalue weighted by atomic mass is 35.5. The summed E-state index contributed by atoms with van der Waals surface area (Å²) in [5.74, 6) is -0.461. The van der Waals surface area contributed by atoms with Gasteiger partial charge in [0.1, 0.15) is 0 Å². The van der Waals surface area contributed by atoms with Gasteiger partial charge in [0.15, 0.2) is 0 Å². The molecule has 2 aromatic carbocycles. The standard InChI is InChI=1S/C19H22ClN3O3/c1-25-19(24)14-3-2-4-15(20)18(14)22-17-6-5-13(11-16(17)21)12-23-7-9-26-10-8-23/h2-6,11,22H,7-10,12,21H2,1H3. The lowest BCUT2D eigenvalue weighted by molar-refractivity contribution is 0.0342. The van der Waals surface area contributed by atoms with Crippen molar-refractivity contribution in [1.82, 2.24) is 4.90 Å². The maximum absolute atomic E-state index is 12.0. The molecule has 0 atom stereocenters. The van der Waals surface area contributed by atoms with Gasteiger partial charge in [0.2, 0.25) is 0 Å². The smallest absolute Gasteiger partial charge is 0.340 e. The average Bonchev–Trinajstić information content (AvgIpc) is 2.65. The minimum atomic E-state index is -0.461. The van der Waals surface area contributed by atoms with Crippen LogP contribution in [0.3, 0.4) is 0 Å². The molecule has 0 aliphatic carbocycles. The van der Waals surface area contributed by atoms with Gasteiger partial charge in [-0.15, -0.1) is 0 Å². The monoisotopic (exact) mass is 375 g/mol. The van der Waals surface area contributed by atoms with Gasteiger partial charge in [0.25, 0.3) is 0 Å². The molecule has 1 saturated heterocycles. The summed E-state index contributed by atoms with van der Waals surface area (Å²) >= 11 is 6.26. The number of ether oxygens (including phenoxy) is 2. The summed E-state index contributed by atoms with van der Waals surface area (Å²) in [5.41, 5.74) is 9.46. The number of anilines is 3. The van der Waals surface area contributed by atoms with Crippen LogP contribution < -0.4 is 11.1 Å². The second-order valence-corrected chi connectivity index (χ2v) is 6.50. The summed E-state index contributed by atoms with van der Waals surface area (Å²) in [5, 5.41) is 3.58. The Morgan fingerprint density at radius 3 is 2.77 bits per heavy atom. The second-order valence-electron chi connectivity index (χ2n) is 6.09. The van der Waals surface area contributed by atoms with Crippen molar-refractivity contribution in [2.24, 2.45) is 0 Å². The number of benzene rings is 2. The summed E-state index contributed by atoms with van der Waals surface area (Å²) in [6.07, 6.45) is 0. The number of para-hydroxylation sites is 1. The summed E-state index contributed by atoms with van der Waals surface area (Å²) in [6.45, 7) is 4.19. The molecule has 3 N–H and O–H groups in total. The normalized spacial score (nSPS) is 14.8. The molecule has 3 rings (SSSR count). The van der Waals surface area contributed by atoms with Gasteiger partial charge in [0.05, 0.1) is 48.0 Å². The van der Waals surface area contributed by atoms with Gasteiger partial charge < -0.3 is 20.5 Å². The molecular formula is C19H22ClN3O3. The molecule has 6 nitrogen and oxygen atoms in total. The van der Waals surface area contributed by atoms with E-state index in [1.807, 2.05) is 18.2 Å². The molecule has 1 aliphatic rings. The molecule has 1 heterocycles. The number of nitrogens with two attached hydrogens (primary N) is 1. The lowest BCUT2D eigenvalue weighted by atomic mass is 10.1. The highest BCUT2D eigenvalue weighted by molar-refractivity contribution is 6.34. The molecule has 138 valence electrons. The van der Waals surface area contributed by atoms with Crippen LogP contribution in [0.4, 0.5) is 17.1 Å². The third-order valence-electron chi connectivity index (χ3n) is 4.30. The Hall–Kier alpha value is -2.28. The average molecular weight is 376 g/mol. The van der Waals surface area contributed by atoms with Crippen LogP contribution in [0.25, 0.3) is 0 Å². The van der Waals surface area contributed by atoms with E-state index in [0.717, 1.165) is 38.4 Å². The summed E-state index contributed by atoms with van der Waals surface area (Å²) < 4.78 is 10.2. The van der Waals surface area contributed by atoms with E-state index in [4.69, 9.17) is 26.8 Å². The lowest BCUT2D eigenvalue weighted by Crippen LogP contribution is -2.35. The molecule has 0 bridgehead atoms. The van der Waals surface area contributed by atoms with Crippen LogP contribution >= 0.6 is 11.6 Å². The van der Waals surface area contributed by atoms with E-state index in [1.165, 1.54) is 7.11 Å². The Bertz CT molecular complexity index is 792. The molecule has 0 saturated carbocycles. The Morgan fingerprint density at radius 2 is 2.08 bits per heavy atom. The Labute approximate surface area is 157 Å². The zero-order chi connectivity index (χ0) is 18.5. The number of carbonyl (C=O) groups excluding carboxylic acids is 1. The number of halogens is 1. The second kappa shape index (κ2) is 8.40. The molecule has 0 spiro atoms. The molecule has 1 fully saturated rings. The number of hydrogen-bond donors (Lipinski definition) is 2. The molecule has 0 aromatic heterocycles. The summed E-state index contributed by atoms with van der Waals surface area (Å²) in [6, 6.07) is 10.9. The van der Waals surface area contributed by atoms with E-state index in [1.54, 1.807) is 18.2 Å². The topological polar surface area (TPSA) is 76.8 Å². The molecule has 1 aliphatic heterocycles. The highest BCUT2D eigenvalue weighted by Gasteiger charge is 2.16. The SMILES string of the molecule is COC(=O)c1cccc(Cl)c1Nc1ccc(CN2CCOCC2)cc1N. The first kappa shape index (κ1) is 18.5. The fraction of sp³-hybridized carbons (Fsp3) is 0.316. The number of nitrogens with zero attached hydrogens (tertiary/aromatic N) is 1. The number of nitrogens with one attached hydrogen (secondary N) is 1. The Kier molecular flexibility index (Phi) is 5.98. The van der Waals surface area contributed by atoms with Crippen LogP contribution in [0.2, 0.25) is 5.02 Å². The Balaban J connectivity index is 1.79. The lowest BCUT2D eigenvalue weighted by Gasteiger charge is -2.26. The zero-order valence-electron chi connectivity index (χ0n) is 14.6. The van der Waals surface area contributed by atoms with Crippen molar-refractivity contribution >= 4 is 34.6 Å². The Morgan fingerprint density at radius 1 is 1.31 bits per heavy atom. The van der Waals surface area contributed by atoms with Crippen LogP contribution in [0, 0.1) is 0 Å². The maximum Gasteiger partial charge on any atom is 0.340 e. The van der Waals surface area contributed by atoms with E-state index < -0.39 is 5.97 Å². The first-order valence-electron chi connectivity index (χ1n) is 8.41. The number of carbonyl (C=O) groups is 1. The van der Waals surface area contributed by atoms with Gasteiger partial charge in [-0.3, -0.25) is 4.90 Å². The van der Waals surface area contributed by atoms with Crippen LogP contribution in [0.5, 0.6) is 0 Å². The van der Waals surface area contributed by atoms with Crippen LogP contribution in [0.1, 0.15) is 15.9 Å². The minimum absolute atomic E-state index is 0.358. The van der Waals surface area contributed by atoms with Gasteiger partial charge in [-0.2, -0.15) is 0 Å². The maximum atomic E-state index is 12.0. The van der Waals surface area contributed by atoms with Gasteiger partial charge in [-0.1, -0.05) is 23.7 Å². The van der Waals surface area contributed by atoms with E-state index in [0.29, 0.717) is 27.6 Å².